The van der Waals surface area contributed by atoms with Crippen LogP contribution in [0.1, 0.15) is 64.4 Å². The molecule has 0 bridgehead atoms. The van der Waals surface area contributed by atoms with Crippen molar-refractivity contribution in [2.75, 3.05) is 13.7 Å². The highest BCUT2D eigenvalue weighted by molar-refractivity contribution is 6.01. The van der Waals surface area contributed by atoms with E-state index in [0.717, 1.165) is 31.2 Å². The number of aliphatic hydroxyl groups is 2. The van der Waals surface area contributed by atoms with Crippen LogP contribution in [0.2, 0.25) is 0 Å². The van der Waals surface area contributed by atoms with E-state index in [-0.39, 0.29) is 48.4 Å². The van der Waals surface area contributed by atoms with E-state index in [1.807, 2.05) is 19.9 Å². The van der Waals surface area contributed by atoms with Gasteiger partial charge in [0.15, 0.2) is 18.1 Å². The molecule has 14 heteroatoms. The van der Waals surface area contributed by atoms with E-state index in [0.29, 0.717) is 12.8 Å². The first-order valence-corrected chi connectivity index (χ1v) is 16.4. The average molecular weight is 683 g/mol. The topological polar surface area (TPSA) is 220 Å². The number of aromatic hydroxyl groups is 1. The molecule has 1 amide bonds. The number of phenolic OH excluding ortho intramolecular Hbond substituents is 1. The van der Waals surface area contributed by atoms with Crippen molar-refractivity contribution in [3.8, 4) is 5.75 Å². The summed E-state index contributed by atoms with van der Waals surface area (Å²) in [6, 6.07) is 2.27. The van der Waals surface area contributed by atoms with Gasteiger partial charge in [0.2, 0.25) is 11.7 Å². The Hall–Kier alpha value is -4.43. The molecule has 0 aliphatic heterocycles. The fourth-order valence-electron chi connectivity index (χ4n) is 9.02. The highest BCUT2D eigenvalue weighted by atomic mass is 16.6. The summed E-state index contributed by atoms with van der Waals surface area (Å²) in [5.41, 5.74) is -2.61. The van der Waals surface area contributed by atoms with Crippen molar-refractivity contribution >= 4 is 35.1 Å². The van der Waals surface area contributed by atoms with E-state index in [2.05, 4.69) is 5.32 Å². The van der Waals surface area contributed by atoms with Crippen LogP contribution in [-0.4, -0.2) is 81.1 Å². The van der Waals surface area contributed by atoms with Gasteiger partial charge in [-0.1, -0.05) is 31.6 Å². The maximum atomic E-state index is 13.5. The Balaban J connectivity index is 1.16. The predicted molar refractivity (Wildman–Crippen MR) is 171 cm³/mol. The summed E-state index contributed by atoms with van der Waals surface area (Å²) in [5, 5.41) is 46.6. The summed E-state index contributed by atoms with van der Waals surface area (Å²) in [4.78, 5) is 73.5. The lowest BCUT2D eigenvalue weighted by Gasteiger charge is -2.59. The molecular weight excluding hydrogens is 640 g/mol. The molecule has 1 aromatic rings. The molecule has 0 spiro atoms. The molecule has 0 aromatic heterocycles. The van der Waals surface area contributed by atoms with Gasteiger partial charge < -0.3 is 30.1 Å². The SMILES string of the molecule is COC(=O)[C@H](Cc1ccc(O)c([N+](=O)[O-])c1)NC(=O)CCC(=O)OCC(=O)[C@]1(O)CC[C@H]2[C@@H]3CCC4=CC(=O)C=C[C@]4(C)[C@H]3[C@@H](O)C[C@@]21C. The molecule has 0 radical (unpaired) electrons. The minimum Gasteiger partial charge on any atom is -0.502 e. The zero-order valence-electron chi connectivity index (χ0n) is 27.7. The van der Waals surface area contributed by atoms with Crippen LogP contribution in [0.25, 0.3) is 0 Å². The van der Waals surface area contributed by atoms with Crippen LogP contribution < -0.4 is 5.32 Å². The molecule has 5 rings (SSSR count). The van der Waals surface area contributed by atoms with Gasteiger partial charge in [0.25, 0.3) is 0 Å². The molecule has 14 nitrogen and oxygen atoms in total. The van der Waals surface area contributed by atoms with Crippen molar-refractivity contribution in [2.45, 2.75) is 83.0 Å². The molecule has 0 heterocycles. The van der Waals surface area contributed by atoms with Crippen molar-refractivity contribution in [3.63, 3.8) is 0 Å². The van der Waals surface area contributed by atoms with Gasteiger partial charge in [-0.2, -0.15) is 0 Å². The second-order valence-corrected chi connectivity index (χ2v) is 14.1. The van der Waals surface area contributed by atoms with E-state index >= 15 is 0 Å². The third-order valence-corrected chi connectivity index (χ3v) is 11.5. The lowest BCUT2D eigenvalue weighted by molar-refractivity contribution is -0.385. The van der Waals surface area contributed by atoms with Crippen LogP contribution in [0.4, 0.5) is 5.69 Å². The second-order valence-electron chi connectivity index (χ2n) is 14.1. The van der Waals surface area contributed by atoms with Crippen LogP contribution in [0.3, 0.4) is 0 Å². The molecule has 264 valence electrons. The van der Waals surface area contributed by atoms with Gasteiger partial charge >= 0.3 is 17.6 Å². The fraction of sp³-hybridized carbons (Fsp3) is 0.571. The molecule has 1 aromatic carbocycles. The number of ether oxygens (including phenoxy) is 2. The first kappa shape index (κ1) is 35.9. The van der Waals surface area contributed by atoms with Gasteiger partial charge in [-0.05, 0) is 67.7 Å². The van der Waals surface area contributed by atoms with Gasteiger partial charge in [0.1, 0.15) is 11.6 Å². The highest BCUT2D eigenvalue weighted by Crippen LogP contribution is 2.67. The summed E-state index contributed by atoms with van der Waals surface area (Å²) in [6.07, 6.45) is 5.48. The molecule has 0 unspecified atom stereocenters. The predicted octanol–water partition coefficient (Wildman–Crippen LogP) is 2.40. The fourth-order valence-corrected chi connectivity index (χ4v) is 9.02. The standard InChI is InChI=1S/C35H42N2O12/c1-33-12-10-21(38)16-20(33)5-6-22-23-11-13-35(45,34(23,2)17-27(40)31(22)33)28(41)18-49-30(43)9-8-29(42)36-24(32(44)48-3)14-19-4-7-26(39)25(15-19)37(46)47/h4,7,10,12,15-16,22-24,27,31,39-40,45H,5-6,8-9,11,13-14,17-18H2,1-3H3,(H,36,42)/t22-,23-,24-,27-,31+,33-,34-,35+/m0/s1. The zero-order valence-corrected chi connectivity index (χ0v) is 27.7. The van der Waals surface area contributed by atoms with E-state index in [4.69, 9.17) is 9.47 Å². The molecule has 4 aliphatic rings. The monoisotopic (exact) mass is 682 g/mol. The third-order valence-electron chi connectivity index (χ3n) is 11.5. The average Bonchev–Trinajstić information content (AvgIpc) is 3.33. The number of nitro benzene ring substituents is 1. The van der Waals surface area contributed by atoms with E-state index in [1.165, 1.54) is 6.07 Å². The van der Waals surface area contributed by atoms with E-state index < -0.39 is 88.0 Å². The number of carbonyl (C=O) groups excluding carboxylic acids is 5. The van der Waals surface area contributed by atoms with Crippen LogP contribution in [-0.2, 0) is 39.9 Å². The van der Waals surface area contributed by atoms with Crippen molar-refractivity contribution < 1.29 is 53.7 Å². The van der Waals surface area contributed by atoms with Gasteiger partial charge in [-0.25, -0.2) is 4.79 Å². The minimum atomic E-state index is -1.84. The summed E-state index contributed by atoms with van der Waals surface area (Å²) < 4.78 is 9.91. The van der Waals surface area contributed by atoms with Crippen molar-refractivity contribution in [2.24, 2.45) is 28.6 Å². The molecule has 3 saturated carbocycles. The first-order valence-electron chi connectivity index (χ1n) is 16.4. The number of phenols is 1. The Morgan fingerprint density at radius 1 is 1.16 bits per heavy atom. The van der Waals surface area contributed by atoms with E-state index in [9.17, 15) is 49.4 Å². The number of Topliss-reactive ketones (excluding diaryl/α,β-unsaturated/α-hetero) is 1. The lowest BCUT2D eigenvalue weighted by Crippen LogP contribution is -2.61. The quantitative estimate of drug-likeness (QED) is 0.150. The number of rotatable bonds is 11. The Bertz CT molecular complexity index is 1640. The number of benzene rings is 1. The molecule has 8 atom stereocenters. The summed E-state index contributed by atoms with van der Waals surface area (Å²) >= 11 is 0. The third kappa shape index (κ3) is 6.51. The zero-order chi connectivity index (χ0) is 35.9. The van der Waals surface area contributed by atoms with Crippen molar-refractivity contribution in [1.82, 2.24) is 5.32 Å². The van der Waals surface area contributed by atoms with Crippen LogP contribution in [0.15, 0.2) is 42.0 Å². The van der Waals surface area contributed by atoms with Gasteiger partial charge in [0.05, 0.1) is 24.6 Å². The number of allylic oxidation sites excluding steroid dienone is 4. The van der Waals surface area contributed by atoms with Gasteiger partial charge in [0, 0.05) is 35.7 Å². The normalized spacial score (nSPS) is 32.1. The van der Waals surface area contributed by atoms with E-state index in [1.54, 1.807) is 12.2 Å². The second kappa shape index (κ2) is 13.5. The number of nitrogens with one attached hydrogen (secondary N) is 1. The number of hydrogen-bond donors (Lipinski definition) is 4. The largest absolute Gasteiger partial charge is 0.502 e. The molecule has 4 N–H and O–H groups in total. The van der Waals surface area contributed by atoms with Gasteiger partial charge in [-0.3, -0.25) is 29.3 Å². The lowest BCUT2D eigenvalue weighted by atomic mass is 9.46. The molecule has 0 saturated heterocycles. The summed E-state index contributed by atoms with van der Waals surface area (Å²) in [7, 11) is 1.10. The van der Waals surface area contributed by atoms with Gasteiger partial charge in [-0.15, -0.1) is 0 Å². The number of carbonyl (C=O) groups is 5. The molecule has 3 fully saturated rings. The number of nitrogens with zero attached hydrogens (tertiary/aromatic N) is 1. The molecular formula is C35H42N2O12. The van der Waals surface area contributed by atoms with Crippen LogP contribution in [0.5, 0.6) is 5.75 Å². The summed E-state index contributed by atoms with van der Waals surface area (Å²) in [5.74, 6) is -3.98. The number of nitro groups is 1. The highest BCUT2D eigenvalue weighted by Gasteiger charge is 2.68. The molecule has 49 heavy (non-hydrogen) atoms. The molecule has 4 aliphatic carbocycles. The maximum Gasteiger partial charge on any atom is 0.328 e. The smallest absolute Gasteiger partial charge is 0.328 e. The van der Waals surface area contributed by atoms with Crippen LogP contribution in [0, 0.1) is 38.7 Å². The van der Waals surface area contributed by atoms with Crippen molar-refractivity contribution in [3.05, 3.63) is 57.7 Å². The number of amides is 1. The Labute approximate surface area is 282 Å². The summed E-state index contributed by atoms with van der Waals surface area (Å²) in [6.45, 7) is 3.13. The number of esters is 2. The number of ketones is 2. The minimum absolute atomic E-state index is 0.00890. The van der Waals surface area contributed by atoms with Crippen LogP contribution >= 0.6 is 0 Å². The number of fused-ring (bicyclic) bond motifs is 5. The van der Waals surface area contributed by atoms with Crippen molar-refractivity contribution in [1.29, 1.82) is 0 Å². The maximum absolute atomic E-state index is 13.5. The Morgan fingerprint density at radius 2 is 1.90 bits per heavy atom. The first-order chi connectivity index (χ1) is 23.0. The number of aliphatic hydroxyl groups excluding tert-OH is 1. The Morgan fingerprint density at radius 3 is 2.59 bits per heavy atom. The Kier molecular flexibility index (Phi) is 9.86. The number of methoxy groups -OCH3 is 1. The number of hydrogen-bond acceptors (Lipinski definition) is 12.